The highest BCUT2D eigenvalue weighted by atomic mass is 19.1. The second kappa shape index (κ2) is 7.53. The minimum atomic E-state index is -0.789. The fraction of sp³-hybridized carbons (Fsp3) is 0.529. The third-order valence-electron chi connectivity index (χ3n) is 3.99. The predicted molar refractivity (Wildman–Crippen MR) is 83.7 cm³/mol. The van der Waals surface area contributed by atoms with E-state index in [1.54, 1.807) is 4.90 Å². The van der Waals surface area contributed by atoms with Crippen molar-refractivity contribution in [3.05, 3.63) is 29.8 Å². The maximum absolute atomic E-state index is 13.6. The standard InChI is InChI=1S/C17H22F2N2O2/c1-11(2)9-16(22)21-7-5-12(6-8-21)17(23)20-15-4-3-13(18)10-14(15)19/h3-4,10-12H,5-9H2,1-2H3,(H,20,23). The van der Waals surface area contributed by atoms with Crippen LogP contribution in [-0.2, 0) is 9.59 Å². The van der Waals surface area contributed by atoms with Gasteiger partial charge in [-0.2, -0.15) is 0 Å². The van der Waals surface area contributed by atoms with Gasteiger partial charge < -0.3 is 10.2 Å². The molecule has 2 rings (SSSR count). The molecular formula is C17H22F2N2O2. The van der Waals surface area contributed by atoms with Gasteiger partial charge in [0.15, 0.2) is 0 Å². The van der Waals surface area contributed by atoms with Gasteiger partial charge in [0.1, 0.15) is 11.6 Å². The smallest absolute Gasteiger partial charge is 0.227 e. The summed E-state index contributed by atoms with van der Waals surface area (Å²) in [6.07, 6.45) is 1.62. The summed E-state index contributed by atoms with van der Waals surface area (Å²) < 4.78 is 26.4. The summed E-state index contributed by atoms with van der Waals surface area (Å²) in [4.78, 5) is 26.0. The molecule has 0 aromatic heterocycles. The summed E-state index contributed by atoms with van der Waals surface area (Å²) in [7, 11) is 0. The molecule has 0 spiro atoms. The van der Waals surface area contributed by atoms with Gasteiger partial charge >= 0.3 is 0 Å². The Morgan fingerprint density at radius 2 is 1.91 bits per heavy atom. The molecule has 1 saturated heterocycles. The fourth-order valence-corrected chi connectivity index (χ4v) is 2.70. The lowest BCUT2D eigenvalue weighted by atomic mass is 9.95. The van der Waals surface area contributed by atoms with Crippen molar-refractivity contribution in [2.45, 2.75) is 33.1 Å². The fourth-order valence-electron chi connectivity index (χ4n) is 2.70. The van der Waals surface area contributed by atoms with Gasteiger partial charge in [-0.05, 0) is 30.9 Å². The Labute approximate surface area is 134 Å². The zero-order chi connectivity index (χ0) is 17.0. The van der Waals surface area contributed by atoms with Gasteiger partial charge in [0.25, 0.3) is 0 Å². The van der Waals surface area contributed by atoms with E-state index < -0.39 is 11.6 Å². The summed E-state index contributed by atoms with van der Waals surface area (Å²) in [5.74, 6) is -1.59. The molecule has 0 bridgehead atoms. The lowest BCUT2D eigenvalue weighted by Crippen LogP contribution is -2.41. The maximum Gasteiger partial charge on any atom is 0.227 e. The van der Waals surface area contributed by atoms with E-state index in [0.29, 0.717) is 38.3 Å². The van der Waals surface area contributed by atoms with Gasteiger partial charge in [0, 0.05) is 31.5 Å². The molecule has 1 aromatic carbocycles. The highest BCUT2D eigenvalue weighted by molar-refractivity contribution is 5.92. The van der Waals surface area contributed by atoms with Gasteiger partial charge in [-0.25, -0.2) is 8.78 Å². The van der Waals surface area contributed by atoms with Crippen molar-refractivity contribution in [1.29, 1.82) is 0 Å². The Hall–Kier alpha value is -1.98. The molecule has 23 heavy (non-hydrogen) atoms. The van der Waals surface area contributed by atoms with Crippen LogP contribution in [0, 0.1) is 23.5 Å². The van der Waals surface area contributed by atoms with E-state index in [4.69, 9.17) is 0 Å². The molecule has 0 saturated carbocycles. The van der Waals surface area contributed by atoms with Gasteiger partial charge in [0.2, 0.25) is 11.8 Å². The van der Waals surface area contributed by atoms with E-state index in [1.165, 1.54) is 6.07 Å². The average Bonchev–Trinajstić information content (AvgIpc) is 2.49. The zero-order valence-electron chi connectivity index (χ0n) is 13.4. The molecule has 1 aromatic rings. The molecular weight excluding hydrogens is 302 g/mol. The minimum absolute atomic E-state index is 0.0188. The number of carbonyl (C=O) groups excluding carboxylic acids is 2. The number of halogens is 2. The van der Waals surface area contributed by atoms with Crippen molar-refractivity contribution in [1.82, 2.24) is 4.90 Å². The average molecular weight is 324 g/mol. The summed E-state index contributed by atoms with van der Waals surface area (Å²) in [5.41, 5.74) is -0.0188. The molecule has 0 aliphatic carbocycles. The number of nitrogens with one attached hydrogen (secondary N) is 1. The van der Waals surface area contributed by atoms with E-state index in [2.05, 4.69) is 5.32 Å². The molecule has 0 radical (unpaired) electrons. The lowest BCUT2D eigenvalue weighted by Gasteiger charge is -2.31. The van der Waals surface area contributed by atoms with Crippen LogP contribution in [0.1, 0.15) is 33.1 Å². The third-order valence-corrected chi connectivity index (χ3v) is 3.99. The number of carbonyl (C=O) groups is 2. The SMILES string of the molecule is CC(C)CC(=O)N1CCC(C(=O)Nc2ccc(F)cc2F)CC1. The molecule has 126 valence electrons. The number of rotatable bonds is 4. The number of piperidine rings is 1. The topological polar surface area (TPSA) is 49.4 Å². The molecule has 1 N–H and O–H groups in total. The van der Waals surface area contributed by atoms with E-state index in [0.717, 1.165) is 12.1 Å². The van der Waals surface area contributed by atoms with Crippen LogP contribution < -0.4 is 5.32 Å². The first-order chi connectivity index (χ1) is 10.9. The molecule has 2 amide bonds. The van der Waals surface area contributed by atoms with Crippen molar-refractivity contribution in [2.75, 3.05) is 18.4 Å². The number of likely N-dealkylation sites (tertiary alicyclic amines) is 1. The van der Waals surface area contributed by atoms with Gasteiger partial charge in [-0.1, -0.05) is 13.8 Å². The van der Waals surface area contributed by atoms with Crippen molar-refractivity contribution in [3.63, 3.8) is 0 Å². The highest BCUT2D eigenvalue weighted by Gasteiger charge is 2.27. The number of nitrogens with zero attached hydrogens (tertiary/aromatic N) is 1. The normalized spacial score (nSPS) is 15.8. The van der Waals surface area contributed by atoms with Crippen molar-refractivity contribution >= 4 is 17.5 Å². The largest absolute Gasteiger partial charge is 0.343 e. The van der Waals surface area contributed by atoms with Crippen LogP contribution in [0.25, 0.3) is 0 Å². The number of amides is 2. The Morgan fingerprint density at radius 1 is 1.26 bits per heavy atom. The molecule has 6 heteroatoms. The van der Waals surface area contributed by atoms with Crippen LogP contribution >= 0.6 is 0 Å². The summed E-state index contributed by atoms with van der Waals surface area (Å²) in [6.45, 7) is 5.07. The monoisotopic (exact) mass is 324 g/mol. The molecule has 1 fully saturated rings. The van der Waals surface area contributed by atoms with Crippen LogP contribution in [0.2, 0.25) is 0 Å². The van der Waals surface area contributed by atoms with Crippen LogP contribution in [0.5, 0.6) is 0 Å². The molecule has 4 nitrogen and oxygen atoms in total. The third kappa shape index (κ3) is 4.74. The van der Waals surface area contributed by atoms with E-state index in [1.807, 2.05) is 13.8 Å². The molecule has 1 heterocycles. The summed E-state index contributed by atoms with van der Waals surface area (Å²) >= 11 is 0. The van der Waals surface area contributed by atoms with Gasteiger partial charge in [-0.15, -0.1) is 0 Å². The Kier molecular flexibility index (Phi) is 5.69. The number of hydrogen-bond donors (Lipinski definition) is 1. The summed E-state index contributed by atoms with van der Waals surface area (Å²) in [6, 6.07) is 3.05. The predicted octanol–water partition coefficient (Wildman–Crippen LogP) is 3.19. The van der Waals surface area contributed by atoms with Crippen LogP contribution in [0.4, 0.5) is 14.5 Å². The summed E-state index contributed by atoms with van der Waals surface area (Å²) in [5, 5.41) is 2.50. The zero-order valence-corrected chi connectivity index (χ0v) is 13.4. The van der Waals surface area contributed by atoms with Crippen LogP contribution in [0.3, 0.4) is 0 Å². The first-order valence-corrected chi connectivity index (χ1v) is 7.90. The number of anilines is 1. The number of hydrogen-bond acceptors (Lipinski definition) is 2. The maximum atomic E-state index is 13.6. The van der Waals surface area contributed by atoms with Crippen LogP contribution in [0.15, 0.2) is 18.2 Å². The van der Waals surface area contributed by atoms with Crippen LogP contribution in [-0.4, -0.2) is 29.8 Å². The second-order valence-electron chi connectivity index (χ2n) is 6.37. The van der Waals surface area contributed by atoms with Crippen molar-refractivity contribution in [3.8, 4) is 0 Å². The lowest BCUT2D eigenvalue weighted by molar-refractivity contribution is -0.135. The Bertz CT molecular complexity index is 582. The van der Waals surface area contributed by atoms with E-state index in [9.17, 15) is 18.4 Å². The van der Waals surface area contributed by atoms with E-state index >= 15 is 0 Å². The molecule has 0 atom stereocenters. The van der Waals surface area contributed by atoms with E-state index in [-0.39, 0.29) is 23.4 Å². The minimum Gasteiger partial charge on any atom is -0.343 e. The number of benzene rings is 1. The van der Waals surface area contributed by atoms with Gasteiger partial charge in [-0.3, -0.25) is 9.59 Å². The Morgan fingerprint density at radius 3 is 2.48 bits per heavy atom. The molecule has 1 aliphatic rings. The van der Waals surface area contributed by atoms with Gasteiger partial charge in [0.05, 0.1) is 5.69 Å². The first-order valence-electron chi connectivity index (χ1n) is 7.90. The molecule has 1 aliphatic heterocycles. The Balaban J connectivity index is 1.87. The molecule has 0 unspecified atom stereocenters. The van der Waals surface area contributed by atoms with Crippen molar-refractivity contribution < 1.29 is 18.4 Å². The highest BCUT2D eigenvalue weighted by Crippen LogP contribution is 2.22. The first kappa shape index (κ1) is 17.4. The quantitative estimate of drug-likeness (QED) is 0.925. The van der Waals surface area contributed by atoms with Crippen molar-refractivity contribution in [2.24, 2.45) is 11.8 Å². The second-order valence-corrected chi connectivity index (χ2v) is 6.37.